The second kappa shape index (κ2) is 5.45. The van der Waals surface area contributed by atoms with Crippen LogP contribution in [0.15, 0.2) is 36.4 Å². The average Bonchev–Trinajstić information content (AvgIpc) is 3.26. The monoisotopic (exact) mass is 268 g/mol. The molecule has 2 nitrogen and oxygen atoms in total. The van der Waals surface area contributed by atoms with Crippen molar-refractivity contribution >= 4 is 0 Å². The molecule has 1 fully saturated rings. The molecule has 0 amide bonds. The van der Waals surface area contributed by atoms with Crippen LogP contribution in [-0.2, 0) is 13.6 Å². The number of aromatic nitrogens is 1. The maximum atomic E-state index is 3.78. The Hall–Kier alpha value is -1.54. The van der Waals surface area contributed by atoms with Crippen molar-refractivity contribution in [3.05, 3.63) is 58.9 Å². The summed E-state index contributed by atoms with van der Waals surface area (Å²) < 4.78 is 2.27. The van der Waals surface area contributed by atoms with E-state index in [0.717, 1.165) is 12.5 Å². The van der Waals surface area contributed by atoms with Crippen LogP contribution in [0.25, 0.3) is 0 Å². The lowest BCUT2D eigenvalue weighted by molar-refractivity contribution is 0.479. The lowest BCUT2D eigenvalue weighted by Crippen LogP contribution is -2.22. The van der Waals surface area contributed by atoms with Crippen molar-refractivity contribution in [2.75, 3.05) is 0 Å². The molecule has 1 aliphatic carbocycles. The predicted molar refractivity (Wildman–Crippen MR) is 83.6 cm³/mol. The first-order valence-electron chi connectivity index (χ1n) is 7.57. The number of benzene rings is 1. The zero-order valence-electron chi connectivity index (χ0n) is 12.7. The summed E-state index contributed by atoms with van der Waals surface area (Å²) in [5.74, 6) is 0.822. The van der Waals surface area contributed by atoms with E-state index in [2.05, 4.69) is 67.2 Å². The Morgan fingerprint density at radius 2 is 1.90 bits per heavy atom. The van der Waals surface area contributed by atoms with Crippen molar-refractivity contribution in [2.45, 2.75) is 39.3 Å². The highest BCUT2D eigenvalue weighted by Crippen LogP contribution is 2.41. The molecule has 0 spiro atoms. The fourth-order valence-electron chi connectivity index (χ4n) is 2.98. The molecule has 2 heteroatoms. The van der Waals surface area contributed by atoms with Crippen molar-refractivity contribution in [1.82, 2.24) is 9.88 Å². The molecule has 0 bridgehead atoms. The first-order valence-corrected chi connectivity index (χ1v) is 7.57. The Balaban J connectivity index is 1.73. The number of nitrogens with one attached hydrogen (secondary N) is 1. The van der Waals surface area contributed by atoms with E-state index >= 15 is 0 Å². The molecule has 1 aliphatic rings. The van der Waals surface area contributed by atoms with Crippen LogP contribution < -0.4 is 5.32 Å². The largest absolute Gasteiger partial charge is 0.352 e. The van der Waals surface area contributed by atoms with Gasteiger partial charge in [0.05, 0.1) is 0 Å². The molecular weight excluding hydrogens is 244 g/mol. The average molecular weight is 268 g/mol. The van der Waals surface area contributed by atoms with Gasteiger partial charge in [-0.1, -0.05) is 30.3 Å². The topological polar surface area (TPSA) is 17.0 Å². The third-order valence-electron chi connectivity index (χ3n) is 4.64. The molecule has 1 unspecified atom stereocenters. The summed E-state index contributed by atoms with van der Waals surface area (Å²) in [6.07, 6.45) is 2.72. The fraction of sp³-hybridized carbons (Fsp3) is 0.444. The van der Waals surface area contributed by atoms with Crippen LogP contribution in [0.1, 0.15) is 41.4 Å². The van der Waals surface area contributed by atoms with E-state index in [0.29, 0.717) is 6.04 Å². The van der Waals surface area contributed by atoms with Gasteiger partial charge >= 0.3 is 0 Å². The van der Waals surface area contributed by atoms with Crippen molar-refractivity contribution in [2.24, 2.45) is 13.0 Å². The van der Waals surface area contributed by atoms with Gasteiger partial charge in [-0.15, -0.1) is 0 Å². The number of hydrogen-bond donors (Lipinski definition) is 1. The number of aryl methyl sites for hydroxylation is 1. The highest BCUT2D eigenvalue weighted by molar-refractivity contribution is 5.27. The van der Waals surface area contributed by atoms with Crippen LogP contribution >= 0.6 is 0 Å². The number of hydrogen-bond acceptors (Lipinski definition) is 1. The fourth-order valence-corrected chi connectivity index (χ4v) is 2.98. The first-order chi connectivity index (χ1) is 9.66. The third kappa shape index (κ3) is 2.66. The van der Waals surface area contributed by atoms with E-state index in [9.17, 15) is 0 Å². The van der Waals surface area contributed by atoms with Crippen LogP contribution in [0.4, 0.5) is 0 Å². The maximum Gasteiger partial charge on any atom is 0.0351 e. The molecule has 0 aliphatic heterocycles. The molecule has 20 heavy (non-hydrogen) atoms. The van der Waals surface area contributed by atoms with E-state index < -0.39 is 0 Å². The van der Waals surface area contributed by atoms with Crippen LogP contribution in [0.2, 0.25) is 0 Å². The van der Waals surface area contributed by atoms with Gasteiger partial charge in [-0.2, -0.15) is 0 Å². The quantitative estimate of drug-likeness (QED) is 0.870. The number of rotatable bonds is 5. The molecule has 106 valence electrons. The van der Waals surface area contributed by atoms with Gasteiger partial charge in [-0.05, 0) is 49.8 Å². The molecule has 1 heterocycles. The lowest BCUT2D eigenvalue weighted by atomic mass is 10.0. The standard InChI is InChI=1S/C18H24N2/c1-13-11-17(14(2)20(13)3)12-19-18(16-9-10-16)15-7-5-4-6-8-15/h4-8,11,16,18-19H,9-10,12H2,1-3H3. The highest BCUT2D eigenvalue weighted by Gasteiger charge is 2.31. The highest BCUT2D eigenvalue weighted by atomic mass is 15.0. The molecule has 0 saturated heterocycles. The maximum absolute atomic E-state index is 3.78. The summed E-state index contributed by atoms with van der Waals surface area (Å²) in [7, 11) is 2.14. The van der Waals surface area contributed by atoms with Crippen molar-refractivity contribution in [3.8, 4) is 0 Å². The van der Waals surface area contributed by atoms with Gasteiger partial charge in [0.1, 0.15) is 0 Å². The predicted octanol–water partition coefficient (Wildman–Crippen LogP) is 3.88. The Morgan fingerprint density at radius 3 is 2.45 bits per heavy atom. The molecule has 1 atom stereocenters. The molecule has 0 radical (unpaired) electrons. The van der Waals surface area contributed by atoms with Gasteiger partial charge in [-0.25, -0.2) is 0 Å². The van der Waals surface area contributed by atoms with E-state index in [4.69, 9.17) is 0 Å². The molecule has 1 aromatic carbocycles. The number of nitrogens with zero attached hydrogens (tertiary/aromatic N) is 1. The summed E-state index contributed by atoms with van der Waals surface area (Å²) in [5.41, 5.74) is 5.56. The SMILES string of the molecule is Cc1cc(CNC(c2ccccc2)C2CC2)c(C)n1C. The van der Waals surface area contributed by atoms with Crippen molar-refractivity contribution in [3.63, 3.8) is 0 Å². The smallest absolute Gasteiger partial charge is 0.0351 e. The minimum Gasteiger partial charge on any atom is -0.352 e. The normalized spacial score (nSPS) is 16.4. The van der Waals surface area contributed by atoms with E-state index in [1.54, 1.807) is 0 Å². The Kier molecular flexibility index (Phi) is 3.66. The first kappa shape index (κ1) is 13.4. The minimum atomic E-state index is 0.510. The summed E-state index contributed by atoms with van der Waals surface area (Å²) >= 11 is 0. The van der Waals surface area contributed by atoms with Crippen LogP contribution in [0.3, 0.4) is 0 Å². The second-order valence-electron chi connectivity index (χ2n) is 6.06. The van der Waals surface area contributed by atoms with Crippen LogP contribution in [0.5, 0.6) is 0 Å². The Bertz CT molecular complexity index is 579. The minimum absolute atomic E-state index is 0.510. The molecule has 1 saturated carbocycles. The zero-order chi connectivity index (χ0) is 14.1. The van der Waals surface area contributed by atoms with Gasteiger partial charge in [0.25, 0.3) is 0 Å². The van der Waals surface area contributed by atoms with Gasteiger partial charge in [0.15, 0.2) is 0 Å². The molecule has 1 aromatic heterocycles. The summed E-state index contributed by atoms with van der Waals surface area (Å²) in [5, 5.41) is 3.78. The van der Waals surface area contributed by atoms with E-state index in [1.165, 1.54) is 35.4 Å². The summed E-state index contributed by atoms with van der Waals surface area (Å²) in [4.78, 5) is 0. The van der Waals surface area contributed by atoms with Crippen LogP contribution in [0, 0.1) is 19.8 Å². The Morgan fingerprint density at radius 1 is 1.20 bits per heavy atom. The van der Waals surface area contributed by atoms with E-state index in [-0.39, 0.29) is 0 Å². The second-order valence-corrected chi connectivity index (χ2v) is 6.06. The molecule has 1 N–H and O–H groups in total. The van der Waals surface area contributed by atoms with Gasteiger partial charge < -0.3 is 9.88 Å². The molecule has 2 aromatic rings. The van der Waals surface area contributed by atoms with Gasteiger partial charge in [0.2, 0.25) is 0 Å². The van der Waals surface area contributed by atoms with Crippen molar-refractivity contribution < 1.29 is 0 Å². The zero-order valence-corrected chi connectivity index (χ0v) is 12.7. The Labute approximate surface area is 121 Å². The third-order valence-corrected chi connectivity index (χ3v) is 4.64. The van der Waals surface area contributed by atoms with Gasteiger partial charge in [0, 0.05) is 31.0 Å². The van der Waals surface area contributed by atoms with E-state index in [1.807, 2.05) is 0 Å². The lowest BCUT2D eigenvalue weighted by Gasteiger charge is -2.19. The summed E-state index contributed by atoms with van der Waals surface area (Å²) in [6.45, 7) is 5.34. The van der Waals surface area contributed by atoms with Crippen molar-refractivity contribution in [1.29, 1.82) is 0 Å². The van der Waals surface area contributed by atoms with Gasteiger partial charge in [-0.3, -0.25) is 0 Å². The molecular formula is C18H24N2. The summed E-state index contributed by atoms with van der Waals surface area (Å²) in [6, 6.07) is 13.7. The molecule has 3 rings (SSSR count). The van der Waals surface area contributed by atoms with Crippen LogP contribution in [-0.4, -0.2) is 4.57 Å².